The molecule has 2 rings (SSSR count). The molecular weight excluding hydrogens is 185 g/mol. The fraction of sp³-hybridized carbons (Fsp3) is 0.500. The minimum Gasteiger partial charge on any atom is -0.456 e. The van der Waals surface area contributed by atoms with Gasteiger partial charge in [0.15, 0.2) is 0 Å². The second-order valence-corrected chi connectivity index (χ2v) is 2.92. The molecule has 1 aromatic rings. The van der Waals surface area contributed by atoms with E-state index in [0.717, 1.165) is 6.07 Å². The number of ether oxygens (including phenoxy) is 1. The molecule has 0 aromatic carbocycles. The maximum Gasteiger partial charge on any atom is 0.449 e. The van der Waals surface area contributed by atoms with Gasteiger partial charge in [-0.1, -0.05) is 0 Å². The summed E-state index contributed by atoms with van der Waals surface area (Å²) in [5, 5.41) is 0. The number of hydrogen-bond donors (Lipinski definition) is 0. The fourth-order valence-corrected chi connectivity index (χ4v) is 1.05. The van der Waals surface area contributed by atoms with Crippen LogP contribution < -0.4 is 0 Å². The Morgan fingerprint density at radius 2 is 2.08 bits per heavy atom. The summed E-state index contributed by atoms with van der Waals surface area (Å²) < 4.78 is 45.5. The molecule has 1 aliphatic rings. The quantitative estimate of drug-likeness (QED) is 0.671. The maximum absolute atomic E-state index is 12.0. The van der Waals surface area contributed by atoms with E-state index in [1.165, 1.54) is 6.07 Å². The largest absolute Gasteiger partial charge is 0.456 e. The first-order valence-corrected chi connectivity index (χ1v) is 3.83. The molecule has 1 unspecified atom stereocenters. The number of rotatable bonds is 2. The highest BCUT2D eigenvalue weighted by atomic mass is 19.4. The van der Waals surface area contributed by atoms with E-state index < -0.39 is 11.9 Å². The minimum atomic E-state index is -4.39. The van der Waals surface area contributed by atoms with Crippen molar-refractivity contribution in [3.05, 3.63) is 23.7 Å². The summed E-state index contributed by atoms with van der Waals surface area (Å²) in [4.78, 5) is 0. The van der Waals surface area contributed by atoms with E-state index in [9.17, 15) is 13.2 Å². The average molecular weight is 192 g/mol. The Hall–Kier alpha value is -0.970. The average Bonchev–Trinajstić information content (AvgIpc) is 2.63. The van der Waals surface area contributed by atoms with Gasteiger partial charge in [-0.2, -0.15) is 13.2 Å². The highest BCUT2D eigenvalue weighted by Crippen LogP contribution is 2.31. The fourth-order valence-electron chi connectivity index (χ4n) is 1.05. The normalized spacial score (nSPS) is 21.9. The van der Waals surface area contributed by atoms with E-state index in [2.05, 4.69) is 4.42 Å². The Balaban J connectivity index is 2.08. The highest BCUT2D eigenvalue weighted by Gasteiger charge is 2.35. The van der Waals surface area contributed by atoms with Crippen LogP contribution in [0.25, 0.3) is 0 Å². The van der Waals surface area contributed by atoms with Crippen LogP contribution in [0.4, 0.5) is 13.2 Å². The Morgan fingerprint density at radius 3 is 2.54 bits per heavy atom. The molecule has 1 atom stereocenters. The summed E-state index contributed by atoms with van der Waals surface area (Å²) in [6.45, 7) is 0.613. The van der Waals surface area contributed by atoms with E-state index in [4.69, 9.17) is 4.74 Å². The molecule has 13 heavy (non-hydrogen) atoms. The summed E-state index contributed by atoms with van der Waals surface area (Å²) >= 11 is 0. The van der Waals surface area contributed by atoms with Crippen molar-refractivity contribution in [3.63, 3.8) is 0 Å². The van der Waals surface area contributed by atoms with E-state index in [1.807, 2.05) is 0 Å². The summed E-state index contributed by atoms with van der Waals surface area (Å²) in [5.74, 6) is -0.613. The first kappa shape index (κ1) is 8.62. The third kappa shape index (κ3) is 2.03. The Labute approximate surface area is 72.3 Å². The van der Waals surface area contributed by atoms with Gasteiger partial charge in [0.1, 0.15) is 5.76 Å². The third-order valence-electron chi connectivity index (χ3n) is 1.77. The topological polar surface area (TPSA) is 25.7 Å². The second kappa shape index (κ2) is 2.77. The molecule has 1 aromatic heterocycles. The van der Waals surface area contributed by atoms with E-state index >= 15 is 0 Å². The van der Waals surface area contributed by atoms with Crippen LogP contribution in [-0.2, 0) is 17.3 Å². The molecule has 0 bridgehead atoms. The second-order valence-electron chi connectivity index (χ2n) is 2.92. The Bertz CT molecular complexity index is 299. The first-order chi connectivity index (χ1) is 6.05. The summed E-state index contributed by atoms with van der Waals surface area (Å²) in [5.41, 5.74) is 0. The number of epoxide rings is 1. The van der Waals surface area contributed by atoms with Crippen molar-refractivity contribution in [1.82, 2.24) is 0 Å². The van der Waals surface area contributed by atoms with Crippen molar-refractivity contribution in [2.24, 2.45) is 0 Å². The molecule has 0 aliphatic carbocycles. The zero-order valence-corrected chi connectivity index (χ0v) is 6.60. The van der Waals surface area contributed by atoms with E-state index in [-0.39, 0.29) is 6.10 Å². The van der Waals surface area contributed by atoms with Crippen LogP contribution in [-0.4, -0.2) is 12.7 Å². The zero-order valence-electron chi connectivity index (χ0n) is 6.60. The van der Waals surface area contributed by atoms with Gasteiger partial charge < -0.3 is 9.15 Å². The van der Waals surface area contributed by atoms with Crippen LogP contribution in [0.1, 0.15) is 11.5 Å². The van der Waals surface area contributed by atoms with Crippen molar-refractivity contribution >= 4 is 0 Å². The van der Waals surface area contributed by atoms with Crippen LogP contribution in [0, 0.1) is 0 Å². The maximum atomic E-state index is 12.0. The smallest absolute Gasteiger partial charge is 0.449 e. The predicted octanol–water partition coefficient (Wildman–Crippen LogP) is 2.24. The molecule has 0 amide bonds. The Kier molecular flexibility index (Phi) is 1.83. The molecular formula is C8H7F3O2. The van der Waals surface area contributed by atoms with E-state index in [0.29, 0.717) is 18.8 Å². The van der Waals surface area contributed by atoms with Crippen LogP contribution >= 0.6 is 0 Å². The number of alkyl halides is 3. The van der Waals surface area contributed by atoms with Gasteiger partial charge in [0.05, 0.1) is 12.7 Å². The molecule has 1 fully saturated rings. The number of halogens is 3. The van der Waals surface area contributed by atoms with E-state index in [1.54, 1.807) is 0 Å². The van der Waals surface area contributed by atoms with Gasteiger partial charge in [-0.25, -0.2) is 0 Å². The predicted molar refractivity (Wildman–Crippen MR) is 37.2 cm³/mol. The number of furan rings is 1. The van der Waals surface area contributed by atoms with Crippen LogP contribution in [0.3, 0.4) is 0 Å². The van der Waals surface area contributed by atoms with Gasteiger partial charge in [0.25, 0.3) is 0 Å². The minimum absolute atomic E-state index is 0.0484. The van der Waals surface area contributed by atoms with Crippen molar-refractivity contribution in [2.75, 3.05) is 6.61 Å². The highest BCUT2D eigenvalue weighted by molar-refractivity contribution is 5.11. The standard InChI is InChI=1S/C8H7F3O2/c9-8(10,11)7-2-1-5(13-7)3-6-4-12-6/h1-2,6H,3-4H2. The lowest BCUT2D eigenvalue weighted by Crippen LogP contribution is -2.02. The molecule has 0 spiro atoms. The zero-order chi connectivity index (χ0) is 9.47. The lowest BCUT2D eigenvalue weighted by Gasteiger charge is -2.00. The molecule has 2 nitrogen and oxygen atoms in total. The molecule has 5 heteroatoms. The van der Waals surface area contributed by atoms with Crippen molar-refractivity contribution in [3.8, 4) is 0 Å². The Morgan fingerprint density at radius 1 is 1.38 bits per heavy atom. The first-order valence-electron chi connectivity index (χ1n) is 3.83. The SMILES string of the molecule is FC(F)(F)c1ccc(CC2CO2)o1. The van der Waals surface area contributed by atoms with Gasteiger partial charge in [-0.05, 0) is 12.1 Å². The monoisotopic (exact) mass is 192 g/mol. The van der Waals surface area contributed by atoms with Gasteiger partial charge in [-0.15, -0.1) is 0 Å². The molecule has 1 saturated heterocycles. The molecule has 1 aliphatic heterocycles. The van der Waals surface area contributed by atoms with Crippen molar-refractivity contribution in [1.29, 1.82) is 0 Å². The summed E-state index contributed by atoms with van der Waals surface area (Å²) in [6, 6.07) is 2.28. The van der Waals surface area contributed by atoms with Crippen molar-refractivity contribution < 1.29 is 22.3 Å². The summed E-state index contributed by atoms with van der Waals surface area (Å²) in [7, 11) is 0. The van der Waals surface area contributed by atoms with Crippen LogP contribution in [0.2, 0.25) is 0 Å². The summed E-state index contributed by atoms with van der Waals surface area (Å²) in [6.07, 6.45) is -3.91. The molecule has 0 radical (unpaired) electrons. The lowest BCUT2D eigenvalue weighted by atomic mass is 10.3. The van der Waals surface area contributed by atoms with Gasteiger partial charge in [0, 0.05) is 6.42 Å². The lowest BCUT2D eigenvalue weighted by molar-refractivity contribution is -0.153. The third-order valence-corrected chi connectivity index (χ3v) is 1.77. The molecule has 0 saturated carbocycles. The van der Waals surface area contributed by atoms with Crippen LogP contribution in [0.15, 0.2) is 16.5 Å². The molecule has 2 heterocycles. The molecule has 0 N–H and O–H groups in total. The van der Waals surface area contributed by atoms with Gasteiger partial charge in [0.2, 0.25) is 5.76 Å². The van der Waals surface area contributed by atoms with Gasteiger partial charge >= 0.3 is 6.18 Å². The van der Waals surface area contributed by atoms with Crippen LogP contribution in [0.5, 0.6) is 0 Å². The molecule has 72 valence electrons. The van der Waals surface area contributed by atoms with Gasteiger partial charge in [-0.3, -0.25) is 0 Å². The van der Waals surface area contributed by atoms with Crippen molar-refractivity contribution in [2.45, 2.75) is 18.7 Å². The number of hydrogen-bond acceptors (Lipinski definition) is 2.